The Bertz CT molecular complexity index is 809. The van der Waals surface area contributed by atoms with E-state index in [1.54, 1.807) is 11.3 Å². The summed E-state index contributed by atoms with van der Waals surface area (Å²) in [6.45, 7) is 4.11. The van der Waals surface area contributed by atoms with Crippen molar-refractivity contribution in [3.63, 3.8) is 0 Å². The molecule has 3 aliphatic heterocycles. The number of rotatable bonds is 3. The number of thiophene rings is 1. The smallest absolute Gasteiger partial charge is 0.254 e. The molecule has 0 saturated carbocycles. The molecule has 0 bridgehead atoms. The Labute approximate surface area is 162 Å². The van der Waals surface area contributed by atoms with E-state index >= 15 is 0 Å². The quantitative estimate of drug-likeness (QED) is 0.805. The third-order valence-corrected chi connectivity index (χ3v) is 6.85. The lowest BCUT2D eigenvalue weighted by Crippen LogP contribution is -2.59. The Balaban J connectivity index is 1.24. The fraction of sp³-hybridized carbons (Fsp3) is 0.632. The molecular formula is C19H24N4O3S. The van der Waals surface area contributed by atoms with Crippen molar-refractivity contribution in [1.82, 2.24) is 20.0 Å². The van der Waals surface area contributed by atoms with Crippen LogP contribution in [0.15, 0.2) is 21.2 Å². The molecule has 144 valence electrons. The molecule has 0 aromatic carbocycles. The molecule has 1 unspecified atom stereocenters. The van der Waals surface area contributed by atoms with Gasteiger partial charge in [0.25, 0.3) is 5.91 Å². The number of nitrogens with zero attached hydrogens (tertiary/aromatic N) is 4. The Morgan fingerprint density at radius 2 is 2.00 bits per heavy atom. The van der Waals surface area contributed by atoms with Crippen LogP contribution in [0.1, 0.15) is 53.4 Å². The van der Waals surface area contributed by atoms with Crippen LogP contribution >= 0.6 is 11.3 Å². The van der Waals surface area contributed by atoms with E-state index in [4.69, 9.17) is 9.15 Å². The first kappa shape index (κ1) is 17.3. The van der Waals surface area contributed by atoms with E-state index in [-0.39, 0.29) is 17.4 Å². The van der Waals surface area contributed by atoms with E-state index in [0.29, 0.717) is 5.92 Å². The zero-order chi connectivity index (χ0) is 18.4. The number of hydrogen-bond donors (Lipinski definition) is 0. The zero-order valence-electron chi connectivity index (χ0n) is 15.5. The van der Waals surface area contributed by atoms with Gasteiger partial charge in [0.2, 0.25) is 11.8 Å². The van der Waals surface area contributed by atoms with E-state index in [0.717, 1.165) is 69.5 Å². The molecule has 3 fully saturated rings. The summed E-state index contributed by atoms with van der Waals surface area (Å²) in [5.74, 6) is 1.94. The van der Waals surface area contributed by atoms with Crippen molar-refractivity contribution in [2.24, 2.45) is 5.41 Å². The van der Waals surface area contributed by atoms with Gasteiger partial charge in [0.1, 0.15) is 0 Å². The maximum absolute atomic E-state index is 12.5. The largest absolute Gasteiger partial charge is 0.423 e. The van der Waals surface area contributed by atoms with Crippen molar-refractivity contribution in [3.8, 4) is 0 Å². The van der Waals surface area contributed by atoms with Gasteiger partial charge in [-0.3, -0.25) is 9.69 Å². The topological polar surface area (TPSA) is 71.7 Å². The molecule has 27 heavy (non-hydrogen) atoms. The van der Waals surface area contributed by atoms with Crippen LogP contribution in [-0.4, -0.2) is 65.8 Å². The summed E-state index contributed by atoms with van der Waals surface area (Å²) >= 11 is 1.56. The zero-order valence-corrected chi connectivity index (χ0v) is 16.3. The summed E-state index contributed by atoms with van der Waals surface area (Å²) in [7, 11) is 2.11. The van der Waals surface area contributed by atoms with E-state index in [1.165, 1.54) is 0 Å². The van der Waals surface area contributed by atoms with Gasteiger partial charge in [-0.15, -0.1) is 10.2 Å². The summed E-state index contributed by atoms with van der Waals surface area (Å²) in [6.07, 6.45) is 2.86. The summed E-state index contributed by atoms with van der Waals surface area (Å²) in [5, 5.41) is 12.6. The average molecular weight is 388 g/mol. The van der Waals surface area contributed by atoms with Crippen LogP contribution in [0.25, 0.3) is 0 Å². The number of aromatic nitrogens is 2. The molecule has 2 aromatic rings. The average Bonchev–Trinajstić information content (AvgIpc) is 3.40. The number of hydrogen-bond acceptors (Lipinski definition) is 7. The molecule has 3 aliphatic rings. The Hall–Kier alpha value is -1.77. The molecule has 5 heterocycles. The second-order valence-electron chi connectivity index (χ2n) is 8.17. The second kappa shape index (κ2) is 6.68. The van der Waals surface area contributed by atoms with Gasteiger partial charge < -0.3 is 14.1 Å². The normalized spacial score (nSPS) is 25.8. The Morgan fingerprint density at radius 1 is 1.22 bits per heavy atom. The van der Waals surface area contributed by atoms with E-state index in [1.807, 2.05) is 21.7 Å². The van der Waals surface area contributed by atoms with E-state index < -0.39 is 0 Å². The Morgan fingerprint density at radius 3 is 2.74 bits per heavy atom. The van der Waals surface area contributed by atoms with Gasteiger partial charge in [0.15, 0.2) is 0 Å². The standard InChI is InChI=1S/C19H24N4O3S/c1-22-10-19(11-23(12-19)18(24)14-4-7-27-9-14)8-15(22)17-21-20-16(26-17)13-2-5-25-6-3-13/h4,7,9,13,15H,2-3,5-6,8,10-12H2,1H3. The van der Waals surface area contributed by atoms with Crippen LogP contribution in [0, 0.1) is 5.41 Å². The molecule has 5 rings (SSSR count). The number of carbonyl (C=O) groups excluding carboxylic acids is 1. The minimum atomic E-state index is 0.143. The fourth-order valence-electron chi connectivity index (χ4n) is 4.74. The molecule has 0 aliphatic carbocycles. The van der Waals surface area contributed by atoms with Crippen LogP contribution in [0.5, 0.6) is 0 Å². The third kappa shape index (κ3) is 3.09. The summed E-state index contributed by atoms with van der Waals surface area (Å²) in [5.41, 5.74) is 0.953. The molecule has 0 N–H and O–H groups in total. The molecule has 3 saturated heterocycles. The van der Waals surface area contributed by atoms with E-state index in [2.05, 4.69) is 22.1 Å². The molecule has 1 atom stereocenters. The third-order valence-electron chi connectivity index (χ3n) is 6.16. The van der Waals surface area contributed by atoms with Gasteiger partial charge in [-0.05, 0) is 37.8 Å². The molecule has 1 amide bonds. The lowest BCUT2D eigenvalue weighted by molar-refractivity contribution is 0.0115. The Kier molecular flexibility index (Phi) is 4.29. The van der Waals surface area contributed by atoms with Crippen molar-refractivity contribution in [1.29, 1.82) is 0 Å². The molecular weight excluding hydrogens is 364 g/mol. The lowest BCUT2D eigenvalue weighted by atomic mass is 9.77. The first-order valence-electron chi connectivity index (χ1n) is 9.56. The van der Waals surface area contributed by atoms with Crippen molar-refractivity contribution >= 4 is 17.2 Å². The monoisotopic (exact) mass is 388 g/mol. The highest BCUT2D eigenvalue weighted by molar-refractivity contribution is 7.08. The van der Waals surface area contributed by atoms with Gasteiger partial charge in [-0.2, -0.15) is 11.3 Å². The highest BCUT2D eigenvalue weighted by Crippen LogP contribution is 2.48. The SMILES string of the molecule is CN1CC2(CC1c1nnc(C3CCOCC3)o1)CN(C(=O)c1ccsc1)C2. The number of ether oxygens (including phenoxy) is 1. The maximum Gasteiger partial charge on any atom is 0.254 e. The first-order valence-corrected chi connectivity index (χ1v) is 10.5. The minimum absolute atomic E-state index is 0.143. The highest BCUT2D eigenvalue weighted by atomic mass is 32.1. The van der Waals surface area contributed by atoms with Crippen molar-refractivity contribution in [2.75, 3.05) is 39.9 Å². The summed E-state index contributed by atoms with van der Waals surface area (Å²) in [6, 6.07) is 2.04. The maximum atomic E-state index is 12.5. The number of carbonyl (C=O) groups is 1. The molecule has 1 spiro atoms. The predicted octanol–water partition coefficient (Wildman–Crippen LogP) is 2.54. The summed E-state index contributed by atoms with van der Waals surface area (Å²) < 4.78 is 11.5. The van der Waals surface area contributed by atoms with Gasteiger partial charge in [-0.25, -0.2) is 0 Å². The van der Waals surface area contributed by atoms with Crippen LogP contribution in [0.3, 0.4) is 0 Å². The molecule has 2 aromatic heterocycles. The minimum Gasteiger partial charge on any atom is -0.423 e. The van der Waals surface area contributed by atoms with Crippen molar-refractivity contribution in [2.45, 2.75) is 31.2 Å². The van der Waals surface area contributed by atoms with Crippen LogP contribution in [0.2, 0.25) is 0 Å². The predicted molar refractivity (Wildman–Crippen MR) is 99.7 cm³/mol. The molecule has 0 radical (unpaired) electrons. The second-order valence-corrected chi connectivity index (χ2v) is 8.95. The highest BCUT2D eigenvalue weighted by Gasteiger charge is 2.53. The lowest BCUT2D eigenvalue weighted by Gasteiger charge is -2.48. The van der Waals surface area contributed by atoms with Crippen LogP contribution in [-0.2, 0) is 4.74 Å². The van der Waals surface area contributed by atoms with E-state index in [9.17, 15) is 4.79 Å². The van der Waals surface area contributed by atoms with Gasteiger partial charge in [0.05, 0.1) is 11.6 Å². The van der Waals surface area contributed by atoms with Gasteiger partial charge in [0, 0.05) is 49.6 Å². The summed E-state index contributed by atoms with van der Waals surface area (Å²) in [4.78, 5) is 16.8. The molecule has 8 heteroatoms. The van der Waals surface area contributed by atoms with Gasteiger partial charge in [-0.1, -0.05) is 0 Å². The fourth-order valence-corrected chi connectivity index (χ4v) is 5.37. The van der Waals surface area contributed by atoms with Crippen LogP contribution in [0.4, 0.5) is 0 Å². The van der Waals surface area contributed by atoms with Crippen molar-refractivity contribution < 1.29 is 13.9 Å². The number of likely N-dealkylation sites (tertiary alicyclic amines) is 2. The number of amides is 1. The van der Waals surface area contributed by atoms with Gasteiger partial charge >= 0.3 is 0 Å². The van der Waals surface area contributed by atoms with Crippen LogP contribution < -0.4 is 0 Å². The molecule has 7 nitrogen and oxygen atoms in total. The van der Waals surface area contributed by atoms with Crippen molar-refractivity contribution in [3.05, 3.63) is 34.2 Å². The first-order chi connectivity index (χ1) is 13.1.